The van der Waals surface area contributed by atoms with Gasteiger partial charge in [0.1, 0.15) is 5.69 Å². The molecule has 0 saturated carbocycles. The lowest BCUT2D eigenvalue weighted by molar-refractivity contribution is 0.0945. The van der Waals surface area contributed by atoms with Crippen molar-refractivity contribution in [3.05, 3.63) is 60.0 Å². The lowest BCUT2D eigenvalue weighted by Crippen LogP contribution is -2.24. The highest BCUT2D eigenvalue weighted by atomic mass is 16.1. The first kappa shape index (κ1) is 13.3. The number of pyridine rings is 1. The van der Waals surface area contributed by atoms with Crippen molar-refractivity contribution in [2.45, 2.75) is 20.0 Å². The molecule has 0 bridgehead atoms. The predicted octanol–water partition coefficient (Wildman–Crippen LogP) is 2.38. The molecular formula is C16H16N4O. The maximum atomic E-state index is 12.0. The normalized spacial score (nSPS) is 10.7. The smallest absolute Gasteiger partial charge is 0.270 e. The second-order valence-corrected chi connectivity index (χ2v) is 4.68. The zero-order valence-electron chi connectivity index (χ0n) is 11.8. The Kier molecular flexibility index (Phi) is 3.64. The van der Waals surface area contributed by atoms with Gasteiger partial charge in [0.25, 0.3) is 5.91 Å². The summed E-state index contributed by atoms with van der Waals surface area (Å²) in [5, 5.41) is 8.49. The van der Waals surface area contributed by atoms with Crippen LogP contribution < -0.4 is 5.32 Å². The fourth-order valence-corrected chi connectivity index (χ4v) is 2.32. The monoisotopic (exact) mass is 280 g/mol. The van der Waals surface area contributed by atoms with Crippen LogP contribution in [0.3, 0.4) is 0 Å². The van der Waals surface area contributed by atoms with E-state index in [1.54, 1.807) is 24.4 Å². The average molecular weight is 280 g/mol. The van der Waals surface area contributed by atoms with Gasteiger partial charge in [-0.25, -0.2) is 0 Å². The Bertz CT molecular complexity index is 764. The van der Waals surface area contributed by atoms with Crippen LogP contribution in [0.2, 0.25) is 0 Å². The first-order chi connectivity index (χ1) is 10.3. The summed E-state index contributed by atoms with van der Waals surface area (Å²) in [6, 6.07) is 13.3. The Balaban J connectivity index is 1.81. The van der Waals surface area contributed by atoms with E-state index in [0.717, 1.165) is 23.1 Å². The minimum Gasteiger partial charge on any atom is -0.345 e. The molecule has 21 heavy (non-hydrogen) atoms. The van der Waals surface area contributed by atoms with Gasteiger partial charge in [-0.2, -0.15) is 5.10 Å². The Morgan fingerprint density at radius 1 is 1.19 bits per heavy atom. The number of benzene rings is 1. The van der Waals surface area contributed by atoms with E-state index >= 15 is 0 Å². The van der Waals surface area contributed by atoms with E-state index in [0.29, 0.717) is 12.2 Å². The molecule has 5 nitrogen and oxygen atoms in total. The molecule has 0 aliphatic rings. The standard InChI is InChI=1S/C16H16N4O/c1-2-20-15-9-4-3-7-12(15)14(19-20)11-18-16(21)13-8-5-6-10-17-13/h3-10H,2,11H2,1H3,(H,18,21). The molecule has 106 valence electrons. The third kappa shape index (κ3) is 2.63. The number of amides is 1. The number of carbonyl (C=O) groups is 1. The topological polar surface area (TPSA) is 59.8 Å². The molecule has 0 aliphatic heterocycles. The molecule has 3 aromatic rings. The summed E-state index contributed by atoms with van der Waals surface area (Å²) >= 11 is 0. The minimum absolute atomic E-state index is 0.189. The molecule has 3 rings (SSSR count). The number of nitrogens with one attached hydrogen (secondary N) is 1. The zero-order valence-corrected chi connectivity index (χ0v) is 11.8. The van der Waals surface area contributed by atoms with E-state index in [4.69, 9.17) is 0 Å². The fraction of sp³-hybridized carbons (Fsp3) is 0.188. The van der Waals surface area contributed by atoms with Crippen LogP contribution in [-0.4, -0.2) is 20.7 Å². The summed E-state index contributed by atoms with van der Waals surface area (Å²) in [4.78, 5) is 16.1. The summed E-state index contributed by atoms with van der Waals surface area (Å²) in [5.74, 6) is -0.189. The molecule has 0 aliphatic carbocycles. The Hall–Kier alpha value is -2.69. The number of fused-ring (bicyclic) bond motifs is 1. The lowest BCUT2D eigenvalue weighted by atomic mass is 10.2. The summed E-state index contributed by atoms with van der Waals surface area (Å²) in [5.41, 5.74) is 2.37. The van der Waals surface area contributed by atoms with Gasteiger partial charge in [-0.15, -0.1) is 0 Å². The molecule has 2 heterocycles. The van der Waals surface area contributed by atoms with Crippen molar-refractivity contribution in [2.75, 3.05) is 0 Å². The average Bonchev–Trinajstić information content (AvgIpc) is 2.91. The Morgan fingerprint density at radius 2 is 2.00 bits per heavy atom. The predicted molar refractivity (Wildman–Crippen MR) is 80.8 cm³/mol. The van der Waals surface area contributed by atoms with Crippen molar-refractivity contribution in [3.8, 4) is 0 Å². The van der Waals surface area contributed by atoms with Crippen molar-refractivity contribution in [3.63, 3.8) is 0 Å². The molecule has 0 atom stereocenters. The van der Waals surface area contributed by atoms with Crippen LogP contribution in [0, 0.1) is 0 Å². The first-order valence-corrected chi connectivity index (χ1v) is 6.93. The fourth-order valence-electron chi connectivity index (χ4n) is 2.32. The second-order valence-electron chi connectivity index (χ2n) is 4.68. The van der Waals surface area contributed by atoms with Crippen molar-refractivity contribution in [2.24, 2.45) is 0 Å². The maximum absolute atomic E-state index is 12.0. The maximum Gasteiger partial charge on any atom is 0.270 e. The number of para-hydroxylation sites is 1. The van der Waals surface area contributed by atoms with Crippen molar-refractivity contribution >= 4 is 16.8 Å². The van der Waals surface area contributed by atoms with Crippen LogP contribution in [0.25, 0.3) is 10.9 Å². The van der Waals surface area contributed by atoms with Crippen molar-refractivity contribution < 1.29 is 4.79 Å². The summed E-state index contributed by atoms with van der Waals surface area (Å²) in [7, 11) is 0. The highest BCUT2D eigenvalue weighted by Gasteiger charge is 2.11. The highest BCUT2D eigenvalue weighted by molar-refractivity contribution is 5.92. The SMILES string of the molecule is CCn1nc(CNC(=O)c2ccccn2)c2ccccc21. The lowest BCUT2D eigenvalue weighted by Gasteiger charge is -2.02. The van der Waals surface area contributed by atoms with Crippen molar-refractivity contribution in [1.29, 1.82) is 0 Å². The number of carbonyl (C=O) groups excluding carboxylic acids is 1. The number of aryl methyl sites for hydroxylation is 1. The van der Waals surface area contributed by atoms with Gasteiger partial charge >= 0.3 is 0 Å². The molecule has 1 amide bonds. The number of hydrogen-bond donors (Lipinski definition) is 1. The van der Waals surface area contributed by atoms with E-state index in [9.17, 15) is 4.79 Å². The van der Waals surface area contributed by atoms with Gasteiger partial charge in [0, 0.05) is 18.1 Å². The number of rotatable bonds is 4. The van der Waals surface area contributed by atoms with Gasteiger partial charge < -0.3 is 5.32 Å². The molecule has 0 unspecified atom stereocenters. The van der Waals surface area contributed by atoms with Crippen LogP contribution in [0.5, 0.6) is 0 Å². The molecule has 0 radical (unpaired) electrons. The largest absolute Gasteiger partial charge is 0.345 e. The summed E-state index contributed by atoms with van der Waals surface area (Å²) in [6.45, 7) is 3.24. The van der Waals surface area contributed by atoms with Crippen LogP contribution in [0.1, 0.15) is 23.1 Å². The molecule has 2 aromatic heterocycles. The zero-order chi connectivity index (χ0) is 14.7. The van der Waals surface area contributed by atoms with Crippen LogP contribution in [0.4, 0.5) is 0 Å². The minimum atomic E-state index is -0.189. The van der Waals surface area contributed by atoms with Gasteiger partial charge in [-0.3, -0.25) is 14.5 Å². The van der Waals surface area contributed by atoms with Gasteiger partial charge in [0.05, 0.1) is 17.8 Å². The van der Waals surface area contributed by atoms with Crippen molar-refractivity contribution in [1.82, 2.24) is 20.1 Å². The number of hydrogen-bond acceptors (Lipinski definition) is 3. The molecule has 5 heteroatoms. The van der Waals surface area contributed by atoms with E-state index in [1.807, 2.05) is 28.9 Å². The second kappa shape index (κ2) is 5.75. The Labute approximate surface area is 122 Å². The van der Waals surface area contributed by atoms with Gasteiger partial charge in [-0.1, -0.05) is 24.3 Å². The van der Waals surface area contributed by atoms with E-state index in [1.165, 1.54) is 0 Å². The number of nitrogens with zero attached hydrogens (tertiary/aromatic N) is 3. The van der Waals surface area contributed by atoms with E-state index in [2.05, 4.69) is 22.3 Å². The Morgan fingerprint density at radius 3 is 2.76 bits per heavy atom. The molecule has 0 saturated heterocycles. The van der Waals surface area contributed by atoms with Crippen LogP contribution in [0.15, 0.2) is 48.7 Å². The molecule has 0 spiro atoms. The first-order valence-electron chi connectivity index (χ1n) is 6.93. The highest BCUT2D eigenvalue weighted by Crippen LogP contribution is 2.18. The van der Waals surface area contributed by atoms with Gasteiger partial charge in [0.2, 0.25) is 0 Å². The van der Waals surface area contributed by atoms with Crippen LogP contribution in [-0.2, 0) is 13.1 Å². The molecule has 1 N–H and O–H groups in total. The summed E-state index contributed by atoms with van der Waals surface area (Å²) < 4.78 is 1.94. The number of aromatic nitrogens is 3. The molecule has 0 fully saturated rings. The van der Waals surface area contributed by atoms with E-state index in [-0.39, 0.29) is 5.91 Å². The molecule has 1 aromatic carbocycles. The third-order valence-corrected chi connectivity index (χ3v) is 3.35. The van der Waals surface area contributed by atoms with Gasteiger partial charge in [0.15, 0.2) is 0 Å². The molecular weight excluding hydrogens is 264 g/mol. The van der Waals surface area contributed by atoms with Crippen LogP contribution >= 0.6 is 0 Å². The third-order valence-electron chi connectivity index (χ3n) is 3.35. The van der Waals surface area contributed by atoms with E-state index < -0.39 is 0 Å². The summed E-state index contributed by atoms with van der Waals surface area (Å²) in [6.07, 6.45) is 1.61. The van der Waals surface area contributed by atoms with Gasteiger partial charge in [-0.05, 0) is 25.1 Å². The quantitative estimate of drug-likeness (QED) is 0.798.